The molecule has 0 N–H and O–H groups in total. The number of rotatable bonds is 5. The molecule has 2 nitrogen and oxygen atoms in total. The second-order valence-corrected chi connectivity index (χ2v) is 4.90. The number of hydrogen-bond donors (Lipinski definition) is 0. The zero-order chi connectivity index (χ0) is 10.5. The van der Waals surface area contributed by atoms with Crippen molar-refractivity contribution in [3.05, 3.63) is 0 Å². The van der Waals surface area contributed by atoms with Gasteiger partial charge in [0.2, 0.25) is 6.41 Å². The molecule has 2 heteroatoms. The van der Waals surface area contributed by atoms with Gasteiger partial charge in [-0.2, -0.15) is 0 Å². The standard InChI is InChI=1S/C11H23NO/c1-6-7-10(11(2,3)4)8-12(5)9-13/h9-10H,6-8H2,1-5H3. The molecule has 0 aromatic heterocycles. The lowest BCUT2D eigenvalue weighted by Gasteiger charge is -2.32. The largest absolute Gasteiger partial charge is 0.348 e. The topological polar surface area (TPSA) is 20.3 Å². The van der Waals surface area contributed by atoms with Crippen molar-refractivity contribution in [1.29, 1.82) is 0 Å². The minimum Gasteiger partial charge on any atom is -0.348 e. The van der Waals surface area contributed by atoms with E-state index in [9.17, 15) is 4.79 Å². The summed E-state index contributed by atoms with van der Waals surface area (Å²) < 4.78 is 0. The van der Waals surface area contributed by atoms with Crippen LogP contribution >= 0.6 is 0 Å². The van der Waals surface area contributed by atoms with Crippen LogP contribution in [0, 0.1) is 11.3 Å². The highest BCUT2D eigenvalue weighted by atomic mass is 16.1. The molecule has 0 saturated heterocycles. The lowest BCUT2D eigenvalue weighted by Crippen LogP contribution is -2.32. The molecule has 0 aliphatic heterocycles. The number of carbonyl (C=O) groups is 1. The molecule has 0 aromatic carbocycles. The molecule has 0 aromatic rings. The Morgan fingerprint density at radius 1 is 1.38 bits per heavy atom. The Kier molecular flexibility index (Phi) is 5.04. The van der Waals surface area contributed by atoms with Crippen LogP contribution in [0.2, 0.25) is 0 Å². The Morgan fingerprint density at radius 2 is 1.92 bits per heavy atom. The van der Waals surface area contributed by atoms with Crippen molar-refractivity contribution in [3.63, 3.8) is 0 Å². The van der Waals surface area contributed by atoms with Gasteiger partial charge in [0, 0.05) is 13.6 Å². The van der Waals surface area contributed by atoms with E-state index in [4.69, 9.17) is 0 Å². The van der Waals surface area contributed by atoms with Crippen LogP contribution in [0.4, 0.5) is 0 Å². The van der Waals surface area contributed by atoms with E-state index in [1.807, 2.05) is 7.05 Å². The summed E-state index contributed by atoms with van der Waals surface area (Å²) in [6.07, 6.45) is 3.30. The van der Waals surface area contributed by atoms with E-state index >= 15 is 0 Å². The van der Waals surface area contributed by atoms with E-state index < -0.39 is 0 Å². The van der Waals surface area contributed by atoms with E-state index in [0.717, 1.165) is 13.0 Å². The van der Waals surface area contributed by atoms with Crippen molar-refractivity contribution in [2.45, 2.75) is 40.5 Å². The lowest BCUT2D eigenvalue weighted by atomic mass is 9.78. The molecule has 0 saturated carbocycles. The highest BCUT2D eigenvalue weighted by molar-refractivity contribution is 5.46. The van der Waals surface area contributed by atoms with E-state index in [1.54, 1.807) is 4.90 Å². The number of hydrogen-bond acceptors (Lipinski definition) is 1. The fraction of sp³-hybridized carbons (Fsp3) is 0.909. The van der Waals surface area contributed by atoms with Crippen molar-refractivity contribution in [1.82, 2.24) is 4.90 Å². The summed E-state index contributed by atoms with van der Waals surface area (Å²) in [7, 11) is 1.85. The van der Waals surface area contributed by atoms with E-state index in [1.165, 1.54) is 12.8 Å². The summed E-state index contributed by atoms with van der Waals surface area (Å²) in [4.78, 5) is 12.2. The summed E-state index contributed by atoms with van der Waals surface area (Å²) in [5.41, 5.74) is 0.299. The van der Waals surface area contributed by atoms with Crippen LogP contribution in [0.5, 0.6) is 0 Å². The van der Waals surface area contributed by atoms with Crippen molar-refractivity contribution >= 4 is 6.41 Å². The van der Waals surface area contributed by atoms with Gasteiger partial charge in [-0.3, -0.25) is 4.79 Å². The average Bonchev–Trinajstić information content (AvgIpc) is 2.01. The number of carbonyl (C=O) groups excluding carboxylic acids is 1. The van der Waals surface area contributed by atoms with Crippen LogP contribution in [-0.4, -0.2) is 24.9 Å². The van der Waals surface area contributed by atoms with Crippen LogP contribution in [0.25, 0.3) is 0 Å². The zero-order valence-electron chi connectivity index (χ0n) is 9.63. The molecule has 1 atom stereocenters. The molecular weight excluding hydrogens is 162 g/mol. The molecule has 0 heterocycles. The van der Waals surface area contributed by atoms with Gasteiger partial charge in [0.25, 0.3) is 0 Å². The summed E-state index contributed by atoms with van der Waals surface area (Å²) in [6, 6.07) is 0. The van der Waals surface area contributed by atoms with Gasteiger partial charge < -0.3 is 4.90 Å². The van der Waals surface area contributed by atoms with E-state index in [2.05, 4.69) is 27.7 Å². The maximum Gasteiger partial charge on any atom is 0.209 e. The van der Waals surface area contributed by atoms with Crippen LogP contribution < -0.4 is 0 Å². The first-order valence-electron chi connectivity index (χ1n) is 5.07. The third-order valence-corrected chi connectivity index (χ3v) is 2.55. The smallest absolute Gasteiger partial charge is 0.209 e. The minimum absolute atomic E-state index is 0.299. The summed E-state index contributed by atoms with van der Waals surface area (Å²) >= 11 is 0. The summed E-state index contributed by atoms with van der Waals surface area (Å²) in [5, 5.41) is 0. The first-order valence-corrected chi connectivity index (χ1v) is 5.07. The number of nitrogens with zero attached hydrogens (tertiary/aromatic N) is 1. The van der Waals surface area contributed by atoms with Crippen molar-refractivity contribution < 1.29 is 4.79 Å². The van der Waals surface area contributed by atoms with Gasteiger partial charge in [-0.1, -0.05) is 34.1 Å². The maximum atomic E-state index is 10.5. The van der Waals surface area contributed by atoms with Gasteiger partial charge in [0.1, 0.15) is 0 Å². The van der Waals surface area contributed by atoms with E-state index in [-0.39, 0.29) is 0 Å². The first kappa shape index (κ1) is 12.5. The molecule has 0 aliphatic rings. The van der Waals surface area contributed by atoms with Crippen LogP contribution in [0.15, 0.2) is 0 Å². The molecule has 0 aliphatic carbocycles. The summed E-state index contributed by atoms with van der Waals surface area (Å²) in [6.45, 7) is 9.80. The average molecular weight is 185 g/mol. The second kappa shape index (κ2) is 5.25. The molecule has 0 radical (unpaired) electrons. The Hall–Kier alpha value is -0.530. The molecule has 1 amide bonds. The molecule has 13 heavy (non-hydrogen) atoms. The SMILES string of the molecule is CCCC(CN(C)C=O)C(C)(C)C. The van der Waals surface area contributed by atoms with E-state index in [0.29, 0.717) is 11.3 Å². The normalized spacial score (nSPS) is 13.9. The molecule has 0 spiro atoms. The van der Waals surface area contributed by atoms with Gasteiger partial charge >= 0.3 is 0 Å². The highest BCUT2D eigenvalue weighted by Crippen LogP contribution is 2.29. The predicted molar refractivity (Wildman–Crippen MR) is 56.5 cm³/mol. The Labute approximate surface area is 82.3 Å². The first-order chi connectivity index (χ1) is 5.91. The van der Waals surface area contributed by atoms with Crippen LogP contribution in [0.1, 0.15) is 40.5 Å². The van der Waals surface area contributed by atoms with Crippen molar-refractivity contribution in [3.8, 4) is 0 Å². The molecule has 0 rings (SSSR count). The fourth-order valence-corrected chi connectivity index (χ4v) is 1.54. The van der Waals surface area contributed by atoms with Crippen LogP contribution in [0.3, 0.4) is 0 Å². The second-order valence-electron chi connectivity index (χ2n) is 4.90. The van der Waals surface area contributed by atoms with Gasteiger partial charge in [-0.05, 0) is 17.8 Å². The van der Waals surface area contributed by atoms with Crippen molar-refractivity contribution in [2.24, 2.45) is 11.3 Å². The molecule has 1 unspecified atom stereocenters. The molecule has 0 bridgehead atoms. The fourth-order valence-electron chi connectivity index (χ4n) is 1.54. The van der Waals surface area contributed by atoms with Crippen molar-refractivity contribution in [2.75, 3.05) is 13.6 Å². The predicted octanol–water partition coefficient (Wildman–Crippen LogP) is 2.54. The third kappa shape index (κ3) is 4.91. The molecule has 78 valence electrons. The molecular formula is C11H23NO. The van der Waals surface area contributed by atoms with Gasteiger partial charge in [0.15, 0.2) is 0 Å². The lowest BCUT2D eigenvalue weighted by molar-refractivity contribution is -0.118. The zero-order valence-corrected chi connectivity index (χ0v) is 9.63. The summed E-state index contributed by atoms with van der Waals surface area (Å²) in [5.74, 6) is 0.604. The van der Waals surface area contributed by atoms with Crippen LogP contribution in [-0.2, 0) is 4.79 Å². The molecule has 0 fully saturated rings. The minimum atomic E-state index is 0.299. The Bertz CT molecular complexity index is 149. The third-order valence-electron chi connectivity index (χ3n) is 2.55. The Balaban J connectivity index is 4.17. The maximum absolute atomic E-state index is 10.5. The quantitative estimate of drug-likeness (QED) is 0.603. The highest BCUT2D eigenvalue weighted by Gasteiger charge is 2.24. The number of amides is 1. The monoisotopic (exact) mass is 185 g/mol. The van der Waals surface area contributed by atoms with Gasteiger partial charge in [-0.25, -0.2) is 0 Å². The van der Waals surface area contributed by atoms with Gasteiger partial charge in [-0.15, -0.1) is 0 Å². The Morgan fingerprint density at radius 3 is 2.23 bits per heavy atom. The van der Waals surface area contributed by atoms with Gasteiger partial charge in [0.05, 0.1) is 0 Å².